The molecule has 0 spiro atoms. The molecule has 20 heavy (non-hydrogen) atoms. The minimum absolute atomic E-state index is 0.189. The van der Waals surface area contributed by atoms with Crippen LogP contribution in [-0.4, -0.2) is 18.6 Å². The third-order valence-corrected chi connectivity index (χ3v) is 3.79. The molecule has 1 fully saturated rings. The summed E-state index contributed by atoms with van der Waals surface area (Å²) in [4.78, 5) is 11.9. The molecule has 2 amide bonds. The fourth-order valence-electron chi connectivity index (χ4n) is 2.52. The number of anilines is 1. The van der Waals surface area contributed by atoms with Gasteiger partial charge in [0, 0.05) is 11.7 Å². The Morgan fingerprint density at radius 3 is 2.45 bits per heavy atom. The van der Waals surface area contributed by atoms with Gasteiger partial charge in [0.2, 0.25) is 0 Å². The quantitative estimate of drug-likeness (QED) is 0.787. The predicted molar refractivity (Wildman–Crippen MR) is 78.1 cm³/mol. The van der Waals surface area contributed by atoms with Crippen LogP contribution in [0.3, 0.4) is 0 Å². The fraction of sp³-hybridized carbons (Fsp3) is 0.467. The van der Waals surface area contributed by atoms with Gasteiger partial charge in [-0.15, -0.1) is 0 Å². The van der Waals surface area contributed by atoms with Gasteiger partial charge in [-0.3, -0.25) is 0 Å². The first kappa shape index (κ1) is 14.4. The summed E-state index contributed by atoms with van der Waals surface area (Å²) in [6.45, 7) is 0.740. The number of carbonyl (C=O) groups is 1. The van der Waals surface area contributed by atoms with E-state index < -0.39 is 0 Å². The van der Waals surface area contributed by atoms with Crippen LogP contribution in [0.2, 0.25) is 0 Å². The Hall–Kier alpha value is -2.06. The summed E-state index contributed by atoms with van der Waals surface area (Å²) in [5.74, 6) is 0.606. The van der Waals surface area contributed by atoms with E-state index in [-0.39, 0.29) is 12.1 Å². The number of benzene rings is 1. The number of carbonyl (C=O) groups excluding carboxylic acids is 1. The summed E-state index contributed by atoms with van der Waals surface area (Å²) < 4.78 is 0. The molecule has 0 heterocycles. The van der Waals surface area contributed by atoms with Crippen molar-refractivity contribution in [3.8, 4) is 6.07 Å². The zero-order valence-electron chi connectivity index (χ0n) is 11.4. The van der Waals surface area contributed by atoms with Gasteiger partial charge in [0.15, 0.2) is 0 Å². The minimum Gasteiger partial charge on any atom is -0.335 e. The normalized spacial score (nSPS) is 21.8. The van der Waals surface area contributed by atoms with Crippen LogP contribution in [-0.2, 0) is 0 Å². The molecule has 0 aromatic heterocycles. The van der Waals surface area contributed by atoms with Crippen LogP contribution in [0.25, 0.3) is 0 Å². The number of rotatable bonds is 3. The van der Waals surface area contributed by atoms with Crippen molar-refractivity contribution in [2.75, 3.05) is 11.9 Å². The summed E-state index contributed by atoms with van der Waals surface area (Å²) in [6, 6.07) is 8.90. The Kier molecular flexibility index (Phi) is 4.97. The molecule has 0 aliphatic heterocycles. The van der Waals surface area contributed by atoms with E-state index >= 15 is 0 Å². The molecule has 0 unspecified atom stereocenters. The average molecular weight is 272 g/mol. The number of nitriles is 1. The van der Waals surface area contributed by atoms with E-state index in [1.165, 1.54) is 0 Å². The topological polar surface area (TPSA) is 90.9 Å². The number of nitrogens with two attached hydrogens (primary N) is 1. The highest BCUT2D eigenvalue weighted by molar-refractivity contribution is 5.89. The molecule has 1 saturated carbocycles. The van der Waals surface area contributed by atoms with Gasteiger partial charge < -0.3 is 16.4 Å². The molecule has 0 radical (unpaired) electrons. The summed E-state index contributed by atoms with van der Waals surface area (Å²) in [7, 11) is 0. The lowest BCUT2D eigenvalue weighted by Crippen LogP contribution is -2.40. The SMILES string of the molecule is N#Cc1ccc(NC(=O)NC2CCC(CN)CC2)cc1. The van der Waals surface area contributed by atoms with Crippen molar-refractivity contribution in [1.29, 1.82) is 5.26 Å². The van der Waals surface area contributed by atoms with E-state index in [0.717, 1.165) is 32.2 Å². The molecule has 106 valence electrons. The second kappa shape index (κ2) is 6.92. The summed E-state index contributed by atoms with van der Waals surface area (Å²) in [5, 5.41) is 14.5. The van der Waals surface area contributed by atoms with Crippen LogP contribution < -0.4 is 16.4 Å². The zero-order valence-corrected chi connectivity index (χ0v) is 11.4. The van der Waals surface area contributed by atoms with E-state index in [2.05, 4.69) is 10.6 Å². The van der Waals surface area contributed by atoms with Crippen LogP contribution in [0, 0.1) is 17.2 Å². The van der Waals surface area contributed by atoms with Gasteiger partial charge in [-0.25, -0.2) is 4.79 Å². The first-order valence-electron chi connectivity index (χ1n) is 6.99. The third-order valence-electron chi connectivity index (χ3n) is 3.79. The second-order valence-corrected chi connectivity index (χ2v) is 5.24. The monoisotopic (exact) mass is 272 g/mol. The molecule has 1 aromatic rings. The smallest absolute Gasteiger partial charge is 0.319 e. The highest BCUT2D eigenvalue weighted by Gasteiger charge is 2.21. The molecule has 0 saturated heterocycles. The van der Waals surface area contributed by atoms with Gasteiger partial charge in [0.05, 0.1) is 11.6 Å². The number of urea groups is 1. The van der Waals surface area contributed by atoms with Gasteiger partial charge in [-0.1, -0.05) is 0 Å². The number of hydrogen-bond donors (Lipinski definition) is 3. The van der Waals surface area contributed by atoms with Gasteiger partial charge in [0.25, 0.3) is 0 Å². The zero-order chi connectivity index (χ0) is 14.4. The van der Waals surface area contributed by atoms with Crippen molar-refractivity contribution in [3.63, 3.8) is 0 Å². The molecule has 5 heteroatoms. The fourth-order valence-corrected chi connectivity index (χ4v) is 2.52. The molecular weight excluding hydrogens is 252 g/mol. The first-order chi connectivity index (χ1) is 9.71. The Labute approximate surface area is 119 Å². The van der Waals surface area contributed by atoms with Crippen molar-refractivity contribution in [3.05, 3.63) is 29.8 Å². The van der Waals surface area contributed by atoms with Crippen molar-refractivity contribution in [2.45, 2.75) is 31.7 Å². The Morgan fingerprint density at radius 2 is 1.90 bits per heavy atom. The summed E-state index contributed by atoms with van der Waals surface area (Å²) >= 11 is 0. The molecular formula is C15H20N4O. The molecule has 0 bridgehead atoms. The summed E-state index contributed by atoms with van der Waals surface area (Å²) in [6.07, 6.45) is 4.14. The Morgan fingerprint density at radius 1 is 1.25 bits per heavy atom. The van der Waals surface area contributed by atoms with Gasteiger partial charge in [0.1, 0.15) is 0 Å². The second-order valence-electron chi connectivity index (χ2n) is 5.24. The molecule has 1 aromatic carbocycles. The van der Waals surface area contributed by atoms with Crippen molar-refractivity contribution in [1.82, 2.24) is 5.32 Å². The van der Waals surface area contributed by atoms with E-state index in [1.54, 1.807) is 24.3 Å². The molecule has 1 aliphatic carbocycles. The molecule has 1 aliphatic rings. The van der Waals surface area contributed by atoms with E-state index in [0.29, 0.717) is 17.2 Å². The Balaban J connectivity index is 1.79. The van der Waals surface area contributed by atoms with Gasteiger partial charge in [-0.05, 0) is 62.4 Å². The standard InChI is InChI=1S/C15H20N4O/c16-9-11-1-5-13(6-2-11)18-15(20)19-14-7-3-12(10-17)4-8-14/h1-2,5-6,12,14H,3-4,7-8,10,17H2,(H2,18,19,20). The highest BCUT2D eigenvalue weighted by atomic mass is 16.2. The van der Waals surface area contributed by atoms with Crippen LogP contribution in [0.4, 0.5) is 10.5 Å². The highest BCUT2D eigenvalue weighted by Crippen LogP contribution is 2.23. The number of nitrogens with zero attached hydrogens (tertiary/aromatic N) is 1. The molecule has 4 N–H and O–H groups in total. The van der Waals surface area contributed by atoms with Gasteiger partial charge >= 0.3 is 6.03 Å². The predicted octanol–water partition coefficient (Wildman–Crippen LogP) is 2.20. The molecule has 2 rings (SSSR count). The average Bonchev–Trinajstić information content (AvgIpc) is 2.49. The van der Waals surface area contributed by atoms with Crippen LogP contribution in [0.5, 0.6) is 0 Å². The lowest BCUT2D eigenvalue weighted by atomic mass is 9.86. The van der Waals surface area contributed by atoms with Crippen molar-refractivity contribution in [2.24, 2.45) is 11.7 Å². The van der Waals surface area contributed by atoms with Gasteiger partial charge in [-0.2, -0.15) is 5.26 Å². The Bertz CT molecular complexity index is 484. The maximum absolute atomic E-state index is 11.9. The minimum atomic E-state index is -0.189. The van der Waals surface area contributed by atoms with E-state index in [1.807, 2.05) is 6.07 Å². The van der Waals surface area contributed by atoms with Crippen molar-refractivity contribution >= 4 is 11.7 Å². The van der Waals surface area contributed by atoms with Crippen LogP contribution in [0.1, 0.15) is 31.2 Å². The largest absolute Gasteiger partial charge is 0.335 e. The molecule has 5 nitrogen and oxygen atoms in total. The number of hydrogen-bond acceptors (Lipinski definition) is 3. The van der Waals surface area contributed by atoms with E-state index in [4.69, 9.17) is 11.0 Å². The maximum Gasteiger partial charge on any atom is 0.319 e. The number of amides is 2. The van der Waals surface area contributed by atoms with E-state index in [9.17, 15) is 4.79 Å². The first-order valence-corrected chi connectivity index (χ1v) is 6.99. The lowest BCUT2D eigenvalue weighted by Gasteiger charge is -2.28. The third kappa shape index (κ3) is 3.97. The van der Waals surface area contributed by atoms with Crippen LogP contribution in [0.15, 0.2) is 24.3 Å². The number of nitrogens with one attached hydrogen (secondary N) is 2. The van der Waals surface area contributed by atoms with Crippen LogP contribution >= 0.6 is 0 Å². The summed E-state index contributed by atoms with van der Waals surface area (Å²) in [5.41, 5.74) is 6.92. The maximum atomic E-state index is 11.9. The lowest BCUT2D eigenvalue weighted by molar-refractivity contribution is 0.238. The van der Waals surface area contributed by atoms with Crippen molar-refractivity contribution < 1.29 is 4.79 Å². The molecule has 0 atom stereocenters.